The number of methoxy groups -OCH3 is 2. The summed E-state index contributed by atoms with van der Waals surface area (Å²) in [6.07, 6.45) is -1.38. The summed E-state index contributed by atoms with van der Waals surface area (Å²) in [4.78, 5) is 11.6. The fraction of sp³-hybridized carbons (Fsp3) is 0.889. The Morgan fingerprint density at radius 3 is 1.88 bits per heavy atom. The Kier molecular flexibility index (Phi) is 7.80. The van der Waals surface area contributed by atoms with Crippen molar-refractivity contribution >= 4 is 13.4 Å². The van der Waals surface area contributed by atoms with Gasteiger partial charge in [0, 0.05) is 14.2 Å². The van der Waals surface area contributed by atoms with Gasteiger partial charge in [0.1, 0.15) is 6.16 Å². The predicted molar refractivity (Wildman–Crippen MR) is 58.5 cm³/mol. The molecule has 7 heteroatoms. The maximum absolute atomic E-state index is 12.0. The monoisotopic (exact) mass is 254 g/mol. The second-order valence-electron chi connectivity index (χ2n) is 2.87. The van der Waals surface area contributed by atoms with E-state index in [1.54, 1.807) is 13.8 Å². The molecule has 96 valence electrons. The highest BCUT2D eigenvalue weighted by atomic mass is 31.2. The molecule has 16 heavy (non-hydrogen) atoms. The van der Waals surface area contributed by atoms with E-state index in [1.807, 2.05) is 0 Å². The molecule has 0 bridgehead atoms. The fourth-order valence-electron chi connectivity index (χ4n) is 1.15. The maximum atomic E-state index is 12.0. The fourth-order valence-corrected chi connectivity index (χ4v) is 2.72. The van der Waals surface area contributed by atoms with Crippen molar-refractivity contribution in [2.45, 2.75) is 20.1 Å². The van der Waals surface area contributed by atoms with Crippen LogP contribution in [0.1, 0.15) is 13.8 Å². The number of ether oxygens (including phenoxy) is 2. The van der Waals surface area contributed by atoms with Gasteiger partial charge >= 0.3 is 7.60 Å². The van der Waals surface area contributed by atoms with Gasteiger partial charge in [0.25, 0.3) is 0 Å². The van der Waals surface area contributed by atoms with Gasteiger partial charge in [-0.05, 0) is 13.8 Å². The van der Waals surface area contributed by atoms with Crippen molar-refractivity contribution in [1.82, 2.24) is 0 Å². The van der Waals surface area contributed by atoms with Crippen LogP contribution in [-0.4, -0.2) is 45.7 Å². The summed E-state index contributed by atoms with van der Waals surface area (Å²) in [5, 5.41) is 0. The standard InChI is InChI=1S/C9H19O6P/c1-5-14-16(11,15-6-2)7-8(10)9(12-3)13-4/h9H,5-7H2,1-4H3. The van der Waals surface area contributed by atoms with Crippen molar-refractivity contribution in [1.29, 1.82) is 0 Å². The van der Waals surface area contributed by atoms with Gasteiger partial charge < -0.3 is 18.5 Å². The third kappa shape index (κ3) is 5.18. The van der Waals surface area contributed by atoms with E-state index in [9.17, 15) is 9.36 Å². The molecule has 0 aliphatic rings. The molecule has 0 rings (SSSR count). The molecule has 0 aliphatic carbocycles. The van der Waals surface area contributed by atoms with E-state index in [0.29, 0.717) is 0 Å². The number of hydrogen-bond acceptors (Lipinski definition) is 6. The first kappa shape index (κ1) is 15.7. The topological polar surface area (TPSA) is 71.1 Å². The van der Waals surface area contributed by atoms with Crippen molar-refractivity contribution in [3.05, 3.63) is 0 Å². The van der Waals surface area contributed by atoms with Crippen molar-refractivity contribution in [2.24, 2.45) is 0 Å². The van der Waals surface area contributed by atoms with Gasteiger partial charge in [0.15, 0.2) is 0 Å². The predicted octanol–water partition coefficient (Wildman–Crippen LogP) is 1.44. The average molecular weight is 254 g/mol. The van der Waals surface area contributed by atoms with Crippen molar-refractivity contribution in [2.75, 3.05) is 33.6 Å². The van der Waals surface area contributed by atoms with Gasteiger partial charge in [-0.3, -0.25) is 9.36 Å². The summed E-state index contributed by atoms with van der Waals surface area (Å²) >= 11 is 0. The SMILES string of the molecule is CCOP(=O)(CC(=O)C(OC)OC)OCC. The molecule has 0 atom stereocenters. The number of hydrogen-bond donors (Lipinski definition) is 0. The summed E-state index contributed by atoms with van der Waals surface area (Å²) in [6.45, 7) is 3.80. The number of carbonyl (C=O) groups is 1. The van der Waals surface area contributed by atoms with Crippen LogP contribution in [0, 0.1) is 0 Å². The lowest BCUT2D eigenvalue weighted by atomic mass is 10.4. The molecule has 0 unspecified atom stereocenters. The maximum Gasteiger partial charge on any atom is 0.338 e. The van der Waals surface area contributed by atoms with Crippen molar-refractivity contribution in [3.63, 3.8) is 0 Å². The normalized spacial score (nSPS) is 12.1. The van der Waals surface area contributed by atoms with Crippen molar-refractivity contribution in [3.8, 4) is 0 Å². The Labute approximate surface area is 95.7 Å². The second kappa shape index (κ2) is 7.92. The van der Waals surface area contributed by atoms with Crippen LogP contribution in [0.3, 0.4) is 0 Å². The van der Waals surface area contributed by atoms with Gasteiger partial charge in [-0.15, -0.1) is 0 Å². The molecule has 0 fully saturated rings. The number of Topliss-reactive ketones (excluding diaryl/α,β-unsaturated/α-hetero) is 1. The molecule has 6 nitrogen and oxygen atoms in total. The van der Waals surface area contributed by atoms with Crippen LogP contribution < -0.4 is 0 Å². The molecule has 0 saturated carbocycles. The lowest BCUT2D eigenvalue weighted by Crippen LogP contribution is -2.28. The van der Waals surface area contributed by atoms with Crippen LogP contribution in [-0.2, 0) is 27.9 Å². The highest BCUT2D eigenvalue weighted by Crippen LogP contribution is 2.48. The molecule has 0 aromatic heterocycles. The van der Waals surface area contributed by atoms with Gasteiger partial charge in [-0.25, -0.2) is 0 Å². The first-order valence-corrected chi connectivity index (χ1v) is 6.72. The molecule has 0 radical (unpaired) electrons. The molecule has 0 amide bonds. The van der Waals surface area contributed by atoms with Gasteiger partial charge in [-0.2, -0.15) is 0 Å². The van der Waals surface area contributed by atoms with E-state index in [4.69, 9.17) is 18.5 Å². The summed E-state index contributed by atoms with van der Waals surface area (Å²) < 4.78 is 31.5. The summed E-state index contributed by atoms with van der Waals surface area (Å²) in [5.41, 5.74) is 0. The molecule has 0 N–H and O–H groups in total. The minimum atomic E-state index is -3.37. The van der Waals surface area contributed by atoms with Crippen LogP contribution >= 0.6 is 7.60 Å². The largest absolute Gasteiger partial charge is 0.349 e. The van der Waals surface area contributed by atoms with E-state index < -0.39 is 19.7 Å². The Balaban J connectivity index is 4.50. The summed E-state index contributed by atoms with van der Waals surface area (Å²) in [5.74, 6) is -0.463. The average Bonchev–Trinajstić information content (AvgIpc) is 2.19. The molecular formula is C9H19O6P. The minimum absolute atomic E-state index is 0.217. The van der Waals surface area contributed by atoms with Crippen LogP contribution in [0.5, 0.6) is 0 Å². The highest BCUT2D eigenvalue weighted by molar-refractivity contribution is 7.54. The van der Waals surface area contributed by atoms with E-state index in [0.717, 1.165) is 0 Å². The zero-order valence-corrected chi connectivity index (χ0v) is 11.0. The molecule has 0 heterocycles. The lowest BCUT2D eigenvalue weighted by Gasteiger charge is -2.18. The Hall–Kier alpha value is -0.260. The zero-order valence-electron chi connectivity index (χ0n) is 10.1. The third-order valence-electron chi connectivity index (χ3n) is 1.69. The van der Waals surface area contributed by atoms with Crippen LogP contribution in [0.4, 0.5) is 0 Å². The molecule has 0 spiro atoms. The number of carbonyl (C=O) groups excluding carboxylic acids is 1. The van der Waals surface area contributed by atoms with Gasteiger partial charge in [-0.1, -0.05) is 0 Å². The van der Waals surface area contributed by atoms with E-state index in [2.05, 4.69) is 0 Å². The summed E-state index contributed by atoms with van der Waals surface area (Å²) in [6, 6.07) is 0. The lowest BCUT2D eigenvalue weighted by molar-refractivity contribution is -0.154. The second-order valence-corrected chi connectivity index (χ2v) is 4.93. The van der Waals surface area contributed by atoms with Crippen molar-refractivity contribution < 1.29 is 27.9 Å². The Morgan fingerprint density at radius 1 is 1.12 bits per heavy atom. The zero-order chi connectivity index (χ0) is 12.6. The molecule has 0 saturated heterocycles. The first-order chi connectivity index (χ1) is 7.52. The Bertz CT molecular complexity index is 240. The Morgan fingerprint density at radius 2 is 1.56 bits per heavy atom. The quantitative estimate of drug-likeness (QED) is 0.458. The van der Waals surface area contributed by atoms with Crippen LogP contribution in [0.2, 0.25) is 0 Å². The van der Waals surface area contributed by atoms with Crippen LogP contribution in [0.25, 0.3) is 0 Å². The minimum Gasteiger partial charge on any atom is -0.349 e. The van der Waals surface area contributed by atoms with Crippen LogP contribution in [0.15, 0.2) is 0 Å². The number of ketones is 1. The molecular weight excluding hydrogens is 235 g/mol. The van der Waals surface area contributed by atoms with Gasteiger partial charge in [0.05, 0.1) is 13.2 Å². The highest BCUT2D eigenvalue weighted by Gasteiger charge is 2.31. The van der Waals surface area contributed by atoms with E-state index >= 15 is 0 Å². The molecule has 0 aliphatic heterocycles. The smallest absolute Gasteiger partial charge is 0.338 e. The van der Waals surface area contributed by atoms with Gasteiger partial charge in [0.2, 0.25) is 12.1 Å². The molecule has 0 aromatic rings. The third-order valence-corrected chi connectivity index (χ3v) is 3.69. The van der Waals surface area contributed by atoms with E-state index in [1.165, 1.54) is 14.2 Å². The number of rotatable bonds is 9. The van der Waals surface area contributed by atoms with E-state index in [-0.39, 0.29) is 19.4 Å². The summed E-state index contributed by atoms with van der Waals surface area (Å²) in [7, 11) is -0.702. The molecule has 0 aromatic carbocycles. The first-order valence-electron chi connectivity index (χ1n) is 4.99.